The second-order valence-corrected chi connectivity index (χ2v) is 8.52. The van der Waals surface area contributed by atoms with Gasteiger partial charge < -0.3 is 5.73 Å². The lowest BCUT2D eigenvalue weighted by atomic mass is 9.52. The summed E-state index contributed by atoms with van der Waals surface area (Å²) in [6.07, 6.45) is 12.5. The first-order valence-corrected chi connectivity index (χ1v) is 8.78. The van der Waals surface area contributed by atoms with Crippen LogP contribution in [0.1, 0.15) is 39.0 Å². The van der Waals surface area contributed by atoms with Crippen LogP contribution in [-0.4, -0.2) is 11.8 Å². The zero-order chi connectivity index (χ0) is 14.4. The lowest BCUT2D eigenvalue weighted by molar-refractivity contribution is -0.115. The van der Waals surface area contributed by atoms with E-state index in [9.17, 15) is 4.79 Å². The number of hydrogen-bond acceptors (Lipinski definition) is 2. The minimum absolute atomic E-state index is 0.329. The van der Waals surface area contributed by atoms with Crippen LogP contribution in [0.4, 0.5) is 0 Å². The van der Waals surface area contributed by atoms with Gasteiger partial charge in [0.15, 0.2) is 5.78 Å². The van der Waals surface area contributed by atoms with Crippen molar-refractivity contribution >= 4 is 5.78 Å². The van der Waals surface area contributed by atoms with Crippen molar-refractivity contribution in [3.05, 3.63) is 23.8 Å². The van der Waals surface area contributed by atoms with Crippen molar-refractivity contribution < 1.29 is 4.79 Å². The van der Waals surface area contributed by atoms with E-state index < -0.39 is 0 Å². The Balaban J connectivity index is 1.55. The van der Waals surface area contributed by atoms with E-state index >= 15 is 0 Å². The van der Waals surface area contributed by atoms with E-state index in [1.165, 1.54) is 24.8 Å². The second-order valence-electron chi connectivity index (χ2n) is 8.52. The van der Waals surface area contributed by atoms with Gasteiger partial charge in [0, 0.05) is 12.5 Å². The summed E-state index contributed by atoms with van der Waals surface area (Å²) in [4.78, 5) is 11.7. The third-order valence-electron chi connectivity index (χ3n) is 7.75. The lowest BCUT2D eigenvalue weighted by Gasteiger charge is -2.52. The molecule has 8 atom stereocenters. The van der Waals surface area contributed by atoms with Crippen molar-refractivity contribution in [2.45, 2.75) is 45.1 Å². The molecule has 21 heavy (non-hydrogen) atoms. The molecule has 2 nitrogen and oxygen atoms in total. The van der Waals surface area contributed by atoms with Crippen LogP contribution in [0.3, 0.4) is 0 Å². The van der Waals surface area contributed by atoms with Gasteiger partial charge in [0.05, 0.1) is 0 Å². The van der Waals surface area contributed by atoms with Crippen molar-refractivity contribution in [1.82, 2.24) is 0 Å². The van der Waals surface area contributed by atoms with Crippen molar-refractivity contribution in [2.24, 2.45) is 46.7 Å². The number of ketones is 1. The van der Waals surface area contributed by atoms with Gasteiger partial charge in [0.2, 0.25) is 0 Å². The van der Waals surface area contributed by atoms with Gasteiger partial charge in [-0.1, -0.05) is 19.1 Å². The predicted molar refractivity (Wildman–Crippen MR) is 82.3 cm³/mol. The predicted octanol–water partition coefficient (Wildman–Crippen LogP) is 3.09. The van der Waals surface area contributed by atoms with Crippen LogP contribution >= 0.6 is 0 Å². The highest BCUT2D eigenvalue weighted by Gasteiger charge is 2.67. The molecule has 0 amide bonds. The molecule has 0 spiro atoms. The average molecular weight is 283 g/mol. The van der Waals surface area contributed by atoms with Crippen molar-refractivity contribution in [1.29, 1.82) is 0 Å². The second kappa shape index (κ2) is 3.90. The molecule has 112 valence electrons. The number of allylic oxidation sites excluding steroid dienone is 4. The molecular formula is C19H25NO. The SMILES string of the molecule is C[C@]12CC[C@H]3[C@@H](C=CC4=CC(=O)CC[C@@H]43)[C@@H]1[C@@H]1C[C@@H]1[C@@H]2N. The Labute approximate surface area is 126 Å². The highest BCUT2D eigenvalue weighted by molar-refractivity contribution is 5.91. The molecule has 5 aliphatic rings. The molecule has 3 saturated carbocycles. The van der Waals surface area contributed by atoms with Gasteiger partial charge in [-0.25, -0.2) is 0 Å². The topological polar surface area (TPSA) is 43.1 Å². The summed E-state index contributed by atoms with van der Waals surface area (Å²) in [7, 11) is 0. The molecule has 0 heterocycles. The zero-order valence-electron chi connectivity index (χ0n) is 12.8. The highest BCUT2D eigenvalue weighted by atomic mass is 16.1. The Kier molecular flexibility index (Phi) is 2.34. The van der Waals surface area contributed by atoms with Gasteiger partial charge in [-0.15, -0.1) is 0 Å². The monoisotopic (exact) mass is 283 g/mol. The van der Waals surface area contributed by atoms with Crippen LogP contribution < -0.4 is 5.73 Å². The first kappa shape index (κ1) is 12.6. The molecule has 0 radical (unpaired) electrons. The first-order valence-electron chi connectivity index (χ1n) is 8.78. The number of carbonyl (C=O) groups is 1. The van der Waals surface area contributed by atoms with E-state index in [0.29, 0.717) is 23.2 Å². The summed E-state index contributed by atoms with van der Waals surface area (Å²) in [6.45, 7) is 2.47. The first-order chi connectivity index (χ1) is 10.1. The molecule has 3 fully saturated rings. The molecule has 2 heteroatoms. The summed E-state index contributed by atoms with van der Waals surface area (Å²) in [5.74, 6) is 5.01. The quantitative estimate of drug-likeness (QED) is 0.742. The van der Waals surface area contributed by atoms with Gasteiger partial charge in [-0.05, 0) is 78.3 Å². The third kappa shape index (κ3) is 1.50. The lowest BCUT2D eigenvalue weighted by Crippen LogP contribution is -2.50. The van der Waals surface area contributed by atoms with Gasteiger partial charge in [-0.2, -0.15) is 0 Å². The van der Waals surface area contributed by atoms with Crippen LogP contribution in [0, 0.1) is 40.9 Å². The Morgan fingerprint density at radius 2 is 2.10 bits per heavy atom. The molecule has 0 aromatic carbocycles. The Morgan fingerprint density at radius 3 is 2.95 bits per heavy atom. The number of carbonyl (C=O) groups excluding carboxylic acids is 1. The maximum absolute atomic E-state index is 11.7. The Hall–Kier alpha value is -0.890. The largest absolute Gasteiger partial charge is 0.327 e. The number of rotatable bonds is 0. The molecule has 0 bridgehead atoms. The third-order valence-corrected chi connectivity index (χ3v) is 7.75. The highest BCUT2D eigenvalue weighted by Crippen LogP contribution is 2.70. The Morgan fingerprint density at radius 1 is 1.24 bits per heavy atom. The molecule has 0 saturated heterocycles. The summed E-state index contributed by atoms with van der Waals surface area (Å²) >= 11 is 0. The fourth-order valence-corrected chi connectivity index (χ4v) is 6.67. The van der Waals surface area contributed by atoms with Crippen molar-refractivity contribution in [3.8, 4) is 0 Å². The molecule has 5 rings (SSSR count). The summed E-state index contributed by atoms with van der Waals surface area (Å²) in [6, 6.07) is 0.437. The fourth-order valence-electron chi connectivity index (χ4n) is 6.67. The molecule has 2 N–H and O–H groups in total. The van der Waals surface area contributed by atoms with E-state index in [1.54, 1.807) is 0 Å². The van der Waals surface area contributed by atoms with Crippen LogP contribution in [0.5, 0.6) is 0 Å². The van der Waals surface area contributed by atoms with E-state index in [0.717, 1.165) is 42.4 Å². The molecular weight excluding hydrogens is 258 g/mol. The standard InChI is InChI=1S/C19H25NO/c1-19-7-6-13-12-5-3-11(21)8-10(12)2-4-14(13)17(19)15-9-16(15)18(19)20/h2,4,8,12-18H,3,5-7,9,20H2,1H3/t12-,13+,14+,15+,16-,17+,18-,19-/m0/s1. The minimum Gasteiger partial charge on any atom is -0.327 e. The average Bonchev–Trinajstić information content (AvgIpc) is 3.21. The number of hydrogen-bond donors (Lipinski definition) is 1. The Bertz CT molecular complexity index is 576. The van der Waals surface area contributed by atoms with Gasteiger partial charge in [0.25, 0.3) is 0 Å². The number of nitrogens with two attached hydrogens (primary N) is 1. The number of fused-ring (bicyclic) bond motifs is 7. The minimum atomic E-state index is 0.329. The fraction of sp³-hybridized carbons (Fsp3) is 0.737. The van der Waals surface area contributed by atoms with Crippen LogP contribution in [0.2, 0.25) is 0 Å². The summed E-state index contributed by atoms with van der Waals surface area (Å²) in [5, 5.41) is 0. The van der Waals surface area contributed by atoms with Crippen molar-refractivity contribution in [3.63, 3.8) is 0 Å². The molecule has 0 unspecified atom stereocenters. The van der Waals surface area contributed by atoms with E-state index in [-0.39, 0.29) is 0 Å². The molecule has 0 aromatic heterocycles. The van der Waals surface area contributed by atoms with Gasteiger partial charge in [-0.3, -0.25) is 4.79 Å². The van der Waals surface area contributed by atoms with Crippen LogP contribution in [0.15, 0.2) is 23.8 Å². The van der Waals surface area contributed by atoms with Gasteiger partial charge in [0.1, 0.15) is 0 Å². The van der Waals surface area contributed by atoms with E-state index in [1.807, 2.05) is 6.08 Å². The van der Waals surface area contributed by atoms with E-state index in [2.05, 4.69) is 19.1 Å². The maximum Gasteiger partial charge on any atom is 0.155 e. The maximum atomic E-state index is 11.7. The van der Waals surface area contributed by atoms with Crippen LogP contribution in [0.25, 0.3) is 0 Å². The zero-order valence-corrected chi connectivity index (χ0v) is 12.8. The normalized spacial score (nSPS) is 57.0. The summed E-state index contributed by atoms with van der Waals surface area (Å²) in [5.41, 5.74) is 8.31. The van der Waals surface area contributed by atoms with E-state index in [4.69, 9.17) is 5.73 Å². The molecule has 5 aliphatic carbocycles. The smallest absolute Gasteiger partial charge is 0.155 e. The van der Waals surface area contributed by atoms with Gasteiger partial charge >= 0.3 is 0 Å². The molecule has 0 aromatic rings. The summed E-state index contributed by atoms with van der Waals surface area (Å²) < 4.78 is 0. The van der Waals surface area contributed by atoms with Crippen molar-refractivity contribution in [2.75, 3.05) is 0 Å². The molecule has 0 aliphatic heterocycles. The van der Waals surface area contributed by atoms with Crippen LogP contribution in [-0.2, 0) is 4.79 Å².